The number of hydrogen-bond acceptors (Lipinski definition) is 5. The normalized spacial score (nSPS) is 11.0. The molecule has 0 atom stereocenters. The lowest BCUT2D eigenvalue weighted by atomic mass is 9.94. The van der Waals surface area contributed by atoms with Gasteiger partial charge in [-0.15, -0.1) is 0 Å². The van der Waals surface area contributed by atoms with Gasteiger partial charge in [-0.05, 0) is 53.3 Å². The van der Waals surface area contributed by atoms with Crippen LogP contribution in [-0.4, -0.2) is 29.0 Å². The van der Waals surface area contributed by atoms with Crippen molar-refractivity contribution in [3.8, 4) is 34.0 Å². The zero-order valence-electron chi connectivity index (χ0n) is 17.1. The van der Waals surface area contributed by atoms with Gasteiger partial charge in [0.05, 0.1) is 6.61 Å². The molecule has 4 rings (SSSR count). The molecule has 3 aromatic carbocycles. The fourth-order valence-electron chi connectivity index (χ4n) is 3.55. The Morgan fingerprint density at radius 3 is 2.43 bits per heavy atom. The molecule has 0 radical (unpaired) electrons. The first-order valence-corrected chi connectivity index (χ1v) is 9.91. The zero-order chi connectivity index (χ0) is 20.9. The molecule has 0 saturated heterocycles. The lowest BCUT2D eigenvalue weighted by molar-refractivity contribution is 0.185. The Morgan fingerprint density at radius 1 is 0.933 bits per heavy atom. The topological polar surface area (TPSA) is 68.4 Å². The highest BCUT2D eigenvalue weighted by Gasteiger charge is 2.14. The molecule has 4 aromatic rings. The van der Waals surface area contributed by atoms with Gasteiger partial charge in [0.15, 0.2) is 0 Å². The number of ether oxygens (including phenoxy) is 1. The van der Waals surface area contributed by atoms with Crippen molar-refractivity contribution in [3.05, 3.63) is 83.4 Å². The standard InChI is InChI=1S/C25H24N2O3/c1-17-5-3-4-6-22(17)23-12-11-20(15-21(23)16-29-2)25-26-24(27-30-25)19-9-7-18(8-10-19)13-14-28/h3-12,15,28H,13-14,16H2,1-2H3. The smallest absolute Gasteiger partial charge is 0.258 e. The SMILES string of the molecule is COCc1cc(-c2nc(-c3ccc(CCO)cc3)no2)ccc1-c1ccccc1C. The van der Waals surface area contributed by atoms with Crippen LogP contribution in [0.25, 0.3) is 34.0 Å². The number of benzene rings is 3. The van der Waals surface area contributed by atoms with Crippen LogP contribution in [0.3, 0.4) is 0 Å². The molecule has 1 heterocycles. The molecule has 0 amide bonds. The summed E-state index contributed by atoms with van der Waals surface area (Å²) in [4.78, 5) is 4.58. The molecule has 152 valence electrons. The minimum Gasteiger partial charge on any atom is -0.396 e. The third-order valence-corrected chi connectivity index (χ3v) is 5.13. The van der Waals surface area contributed by atoms with Gasteiger partial charge < -0.3 is 14.4 Å². The molecule has 0 aliphatic heterocycles. The van der Waals surface area contributed by atoms with Gasteiger partial charge in [0, 0.05) is 24.8 Å². The van der Waals surface area contributed by atoms with Gasteiger partial charge >= 0.3 is 0 Å². The van der Waals surface area contributed by atoms with E-state index in [0.29, 0.717) is 24.7 Å². The molecule has 0 unspecified atom stereocenters. The number of nitrogens with zero attached hydrogens (tertiary/aromatic N) is 2. The molecule has 30 heavy (non-hydrogen) atoms. The van der Waals surface area contributed by atoms with Crippen molar-refractivity contribution >= 4 is 0 Å². The van der Waals surface area contributed by atoms with Crippen LogP contribution in [0.5, 0.6) is 0 Å². The molecule has 0 aliphatic carbocycles. The van der Waals surface area contributed by atoms with E-state index >= 15 is 0 Å². The minimum absolute atomic E-state index is 0.133. The van der Waals surface area contributed by atoms with E-state index in [2.05, 4.69) is 35.3 Å². The Kier molecular flexibility index (Phi) is 6.02. The number of aromatic nitrogens is 2. The fraction of sp³-hybridized carbons (Fsp3) is 0.200. The van der Waals surface area contributed by atoms with Crippen LogP contribution in [0.2, 0.25) is 0 Å². The number of aliphatic hydroxyl groups excluding tert-OH is 1. The molecule has 0 saturated carbocycles. The van der Waals surface area contributed by atoms with E-state index in [-0.39, 0.29) is 6.61 Å². The van der Waals surface area contributed by atoms with Gasteiger partial charge in [0.1, 0.15) is 0 Å². The van der Waals surface area contributed by atoms with Crippen LogP contribution in [0.1, 0.15) is 16.7 Å². The van der Waals surface area contributed by atoms with Crippen molar-refractivity contribution in [2.45, 2.75) is 20.0 Å². The average Bonchev–Trinajstić information content (AvgIpc) is 3.26. The van der Waals surface area contributed by atoms with E-state index < -0.39 is 0 Å². The summed E-state index contributed by atoms with van der Waals surface area (Å²) >= 11 is 0. The van der Waals surface area contributed by atoms with Gasteiger partial charge in [-0.1, -0.05) is 59.8 Å². The summed E-state index contributed by atoms with van der Waals surface area (Å²) in [6.07, 6.45) is 0.632. The first-order valence-electron chi connectivity index (χ1n) is 9.91. The maximum absolute atomic E-state index is 9.05. The summed E-state index contributed by atoms with van der Waals surface area (Å²) < 4.78 is 11.0. The van der Waals surface area contributed by atoms with Crippen molar-refractivity contribution in [2.24, 2.45) is 0 Å². The highest BCUT2D eigenvalue weighted by atomic mass is 16.5. The summed E-state index contributed by atoms with van der Waals surface area (Å²) in [5, 5.41) is 13.2. The molecule has 5 nitrogen and oxygen atoms in total. The Morgan fingerprint density at radius 2 is 1.70 bits per heavy atom. The van der Waals surface area contributed by atoms with Crippen LogP contribution in [-0.2, 0) is 17.8 Å². The summed E-state index contributed by atoms with van der Waals surface area (Å²) in [6, 6.07) is 22.3. The minimum atomic E-state index is 0.133. The number of methoxy groups -OCH3 is 1. The van der Waals surface area contributed by atoms with E-state index in [9.17, 15) is 0 Å². The van der Waals surface area contributed by atoms with Gasteiger partial charge in [-0.2, -0.15) is 4.98 Å². The Hall–Kier alpha value is -3.28. The number of aryl methyl sites for hydroxylation is 1. The second-order valence-corrected chi connectivity index (χ2v) is 7.21. The first kappa shape index (κ1) is 20.0. The van der Waals surface area contributed by atoms with Crippen molar-refractivity contribution in [3.63, 3.8) is 0 Å². The van der Waals surface area contributed by atoms with Crippen LogP contribution in [0, 0.1) is 6.92 Å². The Bertz CT molecular complexity index is 1130. The molecule has 0 aliphatic rings. The van der Waals surface area contributed by atoms with Crippen LogP contribution in [0.15, 0.2) is 71.3 Å². The van der Waals surface area contributed by atoms with Crippen molar-refractivity contribution < 1.29 is 14.4 Å². The van der Waals surface area contributed by atoms with Gasteiger partial charge in [-0.25, -0.2) is 0 Å². The van der Waals surface area contributed by atoms with Gasteiger partial charge in [0.25, 0.3) is 5.89 Å². The van der Waals surface area contributed by atoms with Crippen molar-refractivity contribution in [2.75, 3.05) is 13.7 Å². The molecular weight excluding hydrogens is 376 g/mol. The van der Waals surface area contributed by atoms with Crippen LogP contribution in [0.4, 0.5) is 0 Å². The van der Waals surface area contributed by atoms with Gasteiger partial charge in [0.2, 0.25) is 5.82 Å². The fourth-order valence-corrected chi connectivity index (χ4v) is 3.55. The second-order valence-electron chi connectivity index (χ2n) is 7.21. The first-order chi connectivity index (χ1) is 14.7. The third-order valence-electron chi connectivity index (χ3n) is 5.13. The van der Waals surface area contributed by atoms with Crippen LogP contribution >= 0.6 is 0 Å². The molecular formula is C25H24N2O3. The maximum atomic E-state index is 9.05. The predicted octanol–water partition coefficient (Wildman–Crippen LogP) is 5.06. The van der Waals surface area contributed by atoms with E-state index in [1.807, 2.05) is 48.5 Å². The summed E-state index contributed by atoms with van der Waals surface area (Å²) in [5.74, 6) is 1.01. The zero-order valence-corrected chi connectivity index (χ0v) is 17.1. The van der Waals surface area contributed by atoms with Crippen molar-refractivity contribution in [1.29, 1.82) is 0 Å². The monoisotopic (exact) mass is 400 g/mol. The number of aliphatic hydroxyl groups is 1. The Balaban J connectivity index is 1.66. The molecule has 0 fully saturated rings. The van der Waals surface area contributed by atoms with E-state index in [4.69, 9.17) is 14.4 Å². The van der Waals surface area contributed by atoms with Crippen LogP contribution < -0.4 is 0 Å². The predicted molar refractivity (Wildman–Crippen MR) is 117 cm³/mol. The average molecular weight is 400 g/mol. The molecule has 5 heteroatoms. The van der Waals surface area contributed by atoms with E-state index in [0.717, 1.165) is 27.8 Å². The third kappa shape index (κ3) is 4.17. The molecule has 1 aromatic heterocycles. The lowest BCUT2D eigenvalue weighted by Crippen LogP contribution is -1.95. The summed E-state index contributed by atoms with van der Waals surface area (Å²) in [7, 11) is 1.69. The van der Waals surface area contributed by atoms with E-state index in [1.165, 1.54) is 11.1 Å². The summed E-state index contributed by atoms with van der Waals surface area (Å²) in [5.41, 5.74) is 7.41. The summed E-state index contributed by atoms with van der Waals surface area (Å²) in [6.45, 7) is 2.73. The second kappa shape index (κ2) is 9.03. The number of rotatable bonds is 7. The highest BCUT2D eigenvalue weighted by molar-refractivity contribution is 5.74. The van der Waals surface area contributed by atoms with Gasteiger partial charge in [-0.3, -0.25) is 0 Å². The highest BCUT2D eigenvalue weighted by Crippen LogP contribution is 2.31. The van der Waals surface area contributed by atoms with E-state index in [1.54, 1.807) is 7.11 Å². The maximum Gasteiger partial charge on any atom is 0.258 e. The quantitative estimate of drug-likeness (QED) is 0.470. The van der Waals surface area contributed by atoms with Crippen molar-refractivity contribution in [1.82, 2.24) is 10.1 Å². The molecule has 0 bridgehead atoms. The molecule has 0 spiro atoms. The molecule has 1 N–H and O–H groups in total. The lowest BCUT2D eigenvalue weighted by Gasteiger charge is -2.12. The number of hydrogen-bond donors (Lipinski definition) is 1. The largest absolute Gasteiger partial charge is 0.396 e. The Labute approximate surface area is 176 Å².